The summed E-state index contributed by atoms with van der Waals surface area (Å²) in [6.07, 6.45) is 5.68. The zero-order valence-corrected chi connectivity index (χ0v) is 16.2. The van der Waals surface area contributed by atoms with Crippen molar-refractivity contribution in [2.45, 2.75) is 19.5 Å². The van der Waals surface area contributed by atoms with E-state index in [0.29, 0.717) is 12.2 Å². The Hall–Kier alpha value is -3.73. The molecular weight excluding hydrogens is 360 g/mol. The van der Waals surface area contributed by atoms with Crippen molar-refractivity contribution >= 4 is 22.8 Å². The standard InChI is InChI=1S/C24H22N4O/c1-18(21-15-7-13-20-12-5-6-14-22(20)21)25-24(29)23-17-28(27-26-23)16-8-11-19-9-3-2-4-10-19/h2-15,17-18H,16H2,1H3,(H,25,29)/b11-8+/t18-/m0/s1. The van der Waals surface area contributed by atoms with Crippen LogP contribution in [0.3, 0.4) is 0 Å². The van der Waals surface area contributed by atoms with Crippen LogP contribution in [0.4, 0.5) is 0 Å². The maximum atomic E-state index is 12.6. The van der Waals surface area contributed by atoms with E-state index in [1.807, 2.05) is 73.7 Å². The number of hydrogen-bond acceptors (Lipinski definition) is 3. The van der Waals surface area contributed by atoms with Gasteiger partial charge in [-0.25, -0.2) is 4.68 Å². The fourth-order valence-electron chi connectivity index (χ4n) is 3.33. The van der Waals surface area contributed by atoms with Gasteiger partial charge in [-0.2, -0.15) is 0 Å². The van der Waals surface area contributed by atoms with Crippen molar-refractivity contribution in [1.82, 2.24) is 20.3 Å². The normalized spacial score (nSPS) is 12.3. The van der Waals surface area contributed by atoms with Crippen LogP contribution in [0.2, 0.25) is 0 Å². The molecule has 0 saturated carbocycles. The van der Waals surface area contributed by atoms with Crippen molar-refractivity contribution in [1.29, 1.82) is 0 Å². The summed E-state index contributed by atoms with van der Waals surface area (Å²) in [5.74, 6) is -0.233. The second kappa shape index (κ2) is 8.52. The minimum Gasteiger partial charge on any atom is -0.344 e. The predicted octanol–water partition coefficient (Wildman–Crippen LogP) is 4.64. The van der Waals surface area contributed by atoms with E-state index in [-0.39, 0.29) is 11.9 Å². The Labute approximate surface area is 169 Å². The highest BCUT2D eigenvalue weighted by Crippen LogP contribution is 2.24. The van der Waals surface area contributed by atoms with E-state index in [1.54, 1.807) is 10.9 Å². The van der Waals surface area contributed by atoms with Gasteiger partial charge in [-0.1, -0.05) is 90.2 Å². The molecule has 0 radical (unpaired) electrons. The molecule has 4 rings (SSSR count). The molecule has 4 aromatic rings. The summed E-state index contributed by atoms with van der Waals surface area (Å²) in [7, 11) is 0. The van der Waals surface area contributed by atoms with Crippen LogP contribution >= 0.6 is 0 Å². The third-order valence-electron chi connectivity index (χ3n) is 4.81. The number of nitrogens with one attached hydrogen (secondary N) is 1. The lowest BCUT2D eigenvalue weighted by Crippen LogP contribution is -2.27. The first-order valence-corrected chi connectivity index (χ1v) is 9.61. The molecular formula is C24H22N4O. The van der Waals surface area contributed by atoms with E-state index >= 15 is 0 Å². The van der Waals surface area contributed by atoms with Gasteiger partial charge >= 0.3 is 0 Å². The lowest BCUT2D eigenvalue weighted by Gasteiger charge is -2.15. The molecule has 1 heterocycles. The molecule has 1 N–H and O–H groups in total. The Bertz CT molecular complexity index is 1140. The molecule has 0 unspecified atom stereocenters. The Morgan fingerprint density at radius 1 is 1.03 bits per heavy atom. The van der Waals surface area contributed by atoms with Crippen LogP contribution in [0.25, 0.3) is 16.8 Å². The molecule has 5 heteroatoms. The number of aromatic nitrogens is 3. The van der Waals surface area contributed by atoms with Gasteiger partial charge in [-0.05, 0) is 28.8 Å². The molecule has 3 aromatic carbocycles. The molecule has 0 spiro atoms. The molecule has 0 aliphatic carbocycles. The van der Waals surface area contributed by atoms with Gasteiger partial charge in [-0.15, -0.1) is 5.10 Å². The van der Waals surface area contributed by atoms with E-state index in [0.717, 1.165) is 21.9 Å². The zero-order valence-electron chi connectivity index (χ0n) is 16.2. The second-order valence-corrected chi connectivity index (χ2v) is 6.90. The van der Waals surface area contributed by atoms with Crippen molar-refractivity contribution in [3.05, 3.63) is 102 Å². The van der Waals surface area contributed by atoms with Crippen molar-refractivity contribution < 1.29 is 4.79 Å². The number of rotatable bonds is 6. The van der Waals surface area contributed by atoms with E-state index in [4.69, 9.17) is 0 Å². The number of amides is 1. The average molecular weight is 382 g/mol. The van der Waals surface area contributed by atoms with Crippen LogP contribution in [0.1, 0.15) is 34.6 Å². The highest BCUT2D eigenvalue weighted by molar-refractivity contribution is 5.93. The number of carbonyl (C=O) groups excluding carboxylic acids is 1. The maximum Gasteiger partial charge on any atom is 0.273 e. The van der Waals surface area contributed by atoms with Crippen LogP contribution in [-0.2, 0) is 6.54 Å². The number of nitrogens with zero attached hydrogens (tertiary/aromatic N) is 3. The van der Waals surface area contributed by atoms with Gasteiger partial charge in [0.05, 0.1) is 18.8 Å². The van der Waals surface area contributed by atoms with Crippen LogP contribution < -0.4 is 5.32 Å². The Kier molecular flexibility index (Phi) is 5.47. The third-order valence-corrected chi connectivity index (χ3v) is 4.81. The molecule has 0 fully saturated rings. The average Bonchev–Trinajstić information content (AvgIpc) is 3.23. The summed E-state index contributed by atoms with van der Waals surface area (Å²) >= 11 is 0. The fourth-order valence-corrected chi connectivity index (χ4v) is 3.33. The molecule has 1 atom stereocenters. The van der Waals surface area contributed by atoms with E-state index in [1.165, 1.54) is 0 Å². The predicted molar refractivity (Wildman–Crippen MR) is 115 cm³/mol. The number of fused-ring (bicyclic) bond motifs is 1. The summed E-state index contributed by atoms with van der Waals surface area (Å²) in [6, 6.07) is 24.2. The molecule has 144 valence electrons. The topological polar surface area (TPSA) is 59.8 Å². The maximum absolute atomic E-state index is 12.6. The van der Waals surface area contributed by atoms with Crippen molar-refractivity contribution in [2.75, 3.05) is 0 Å². The molecule has 0 aliphatic heterocycles. The highest BCUT2D eigenvalue weighted by atomic mass is 16.2. The summed E-state index contributed by atoms with van der Waals surface area (Å²) < 4.78 is 1.65. The highest BCUT2D eigenvalue weighted by Gasteiger charge is 2.16. The first kappa shape index (κ1) is 18.6. The van der Waals surface area contributed by atoms with E-state index < -0.39 is 0 Å². The number of allylic oxidation sites excluding steroid dienone is 1. The van der Waals surface area contributed by atoms with Gasteiger partial charge in [-0.3, -0.25) is 4.79 Å². The summed E-state index contributed by atoms with van der Waals surface area (Å²) in [4.78, 5) is 12.6. The molecule has 1 amide bonds. The van der Waals surface area contributed by atoms with Crippen molar-refractivity contribution in [3.63, 3.8) is 0 Å². The molecule has 0 aliphatic rings. The van der Waals surface area contributed by atoms with Gasteiger partial charge in [0.15, 0.2) is 5.69 Å². The van der Waals surface area contributed by atoms with Crippen LogP contribution in [0.5, 0.6) is 0 Å². The third kappa shape index (κ3) is 4.41. The van der Waals surface area contributed by atoms with E-state index in [2.05, 4.69) is 33.8 Å². The van der Waals surface area contributed by atoms with Gasteiger partial charge in [0.1, 0.15) is 0 Å². The van der Waals surface area contributed by atoms with Crippen molar-refractivity contribution in [2.24, 2.45) is 0 Å². The van der Waals surface area contributed by atoms with Crippen LogP contribution in [-0.4, -0.2) is 20.9 Å². The molecule has 0 bridgehead atoms. The first-order chi connectivity index (χ1) is 14.2. The second-order valence-electron chi connectivity index (χ2n) is 6.90. The lowest BCUT2D eigenvalue weighted by atomic mass is 9.99. The molecule has 5 nitrogen and oxygen atoms in total. The Balaban J connectivity index is 1.42. The van der Waals surface area contributed by atoms with Gasteiger partial charge < -0.3 is 5.32 Å². The largest absolute Gasteiger partial charge is 0.344 e. The van der Waals surface area contributed by atoms with E-state index in [9.17, 15) is 4.79 Å². The molecule has 1 aromatic heterocycles. The fraction of sp³-hybridized carbons (Fsp3) is 0.125. The number of hydrogen-bond donors (Lipinski definition) is 1. The molecule has 29 heavy (non-hydrogen) atoms. The Morgan fingerprint density at radius 3 is 2.66 bits per heavy atom. The minimum atomic E-state index is -0.233. The Morgan fingerprint density at radius 2 is 1.79 bits per heavy atom. The quantitative estimate of drug-likeness (QED) is 0.529. The summed E-state index contributed by atoms with van der Waals surface area (Å²) in [5.41, 5.74) is 2.51. The van der Waals surface area contributed by atoms with Crippen LogP contribution in [0.15, 0.2) is 85.1 Å². The zero-order chi connectivity index (χ0) is 20.1. The molecule has 0 saturated heterocycles. The first-order valence-electron chi connectivity index (χ1n) is 9.61. The number of carbonyl (C=O) groups is 1. The monoisotopic (exact) mass is 382 g/mol. The van der Waals surface area contributed by atoms with Gasteiger partial charge in [0, 0.05) is 0 Å². The minimum absolute atomic E-state index is 0.142. The lowest BCUT2D eigenvalue weighted by molar-refractivity contribution is 0.0935. The van der Waals surface area contributed by atoms with Crippen LogP contribution in [0, 0.1) is 0 Å². The smallest absolute Gasteiger partial charge is 0.273 e. The SMILES string of the molecule is C[C@H](NC(=O)c1cn(C/C=C/c2ccccc2)nn1)c1cccc2ccccc12. The van der Waals surface area contributed by atoms with Gasteiger partial charge in [0.2, 0.25) is 0 Å². The van der Waals surface area contributed by atoms with Gasteiger partial charge in [0.25, 0.3) is 5.91 Å². The van der Waals surface area contributed by atoms with Crippen molar-refractivity contribution in [3.8, 4) is 0 Å². The summed E-state index contributed by atoms with van der Waals surface area (Å²) in [6.45, 7) is 2.53. The number of benzene rings is 3. The summed E-state index contributed by atoms with van der Waals surface area (Å²) in [5, 5.41) is 13.4.